The molecule has 0 saturated carbocycles. The van der Waals surface area contributed by atoms with Crippen LogP contribution >= 0.6 is 0 Å². The van der Waals surface area contributed by atoms with E-state index in [-0.39, 0.29) is 30.9 Å². The number of amides is 3. The summed E-state index contributed by atoms with van der Waals surface area (Å²) in [5.74, 6) is -0.521. The highest BCUT2D eigenvalue weighted by Gasteiger charge is 2.30. The van der Waals surface area contributed by atoms with Crippen LogP contribution in [0.15, 0.2) is 78.9 Å². The average Bonchev–Trinajstić information content (AvgIpc) is 2.92. The molecule has 0 spiro atoms. The monoisotopic (exact) mass is 483 g/mol. The predicted molar refractivity (Wildman–Crippen MR) is 138 cm³/mol. The Balaban J connectivity index is 1.39. The van der Waals surface area contributed by atoms with Gasteiger partial charge in [-0.15, -0.1) is 0 Å². The Morgan fingerprint density at radius 1 is 0.861 bits per heavy atom. The molecule has 0 unspecified atom stereocenters. The van der Waals surface area contributed by atoms with Crippen molar-refractivity contribution in [2.24, 2.45) is 0 Å². The molecule has 36 heavy (non-hydrogen) atoms. The van der Waals surface area contributed by atoms with Gasteiger partial charge < -0.3 is 15.0 Å². The minimum Gasteiger partial charge on any atom is -0.482 e. The first-order valence-corrected chi connectivity index (χ1v) is 12.4. The second-order valence-electron chi connectivity index (χ2n) is 9.14. The fraction of sp³-hybridized carbons (Fsp3) is 0.276. The zero-order valence-electron chi connectivity index (χ0n) is 20.1. The van der Waals surface area contributed by atoms with Crippen LogP contribution in [0.1, 0.15) is 36.3 Å². The second-order valence-corrected chi connectivity index (χ2v) is 9.14. The molecule has 2 aliphatic rings. The fourth-order valence-corrected chi connectivity index (χ4v) is 4.83. The van der Waals surface area contributed by atoms with Gasteiger partial charge in [-0.3, -0.25) is 19.3 Å². The topological polar surface area (TPSA) is 79.0 Å². The van der Waals surface area contributed by atoms with Crippen molar-refractivity contribution in [3.63, 3.8) is 0 Å². The van der Waals surface area contributed by atoms with Gasteiger partial charge in [0.05, 0.1) is 11.6 Å². The molecule has 7 nitrogen and oxygen atoms in total. The van der Waals surface area contributed by atoms with Crippen LogP contribution in [0.5, 0.6) is 5.75 Å². The van der Waals surface area contributed by atoms with Gasteiger partial charge in [-0.1, -0.05) is 60.7 Å². The number of carbonyl (C=O) groups excluding carboxylic acids is 3. The fourth-order valence-electron chi connectivity index (χ4n) is 4.83. The third-order valence-electron chi connectivity index (χ3n) is 6.70. The molecule has 7 heteroatoms. The van der Waals surface area contributed by atoms with Crippen molar-refractivity contribution in [1.82, 2.24) is 4.90 Å². The smallest absolute Gasteiger partial charge is 0.265 e. The van der Waals surface area contributed by atoms with Gasteiger partial charge in [0.1, 0.15) is 12.3 Å². The van der Waals surface area contributed by atoms with Crippen molar-refractivity contribution in [3.05, 3.63) is 90.0 Å². The van der Waals surface area contributed by atoms with Gasteiger partial charge in [-0.2, -0.15) is 0 Å². The third kappa shape index (κ3) is 5.10. The predicted octanol–water partition coefficient (Wildman–Crippen LogP) is 4.20. The number of hydrogen-bond acceptors (Lipinski definition) is 4. The molecule has 3 aromatic carbocycles. The van der Waals surface area contributed by atoms with Crippen LogP contribution in [-0.2, 0) is 14.4 Å². The van der Waals surface area contributed by atoms with E-state index < -0.39 is 5.92 Å². The highest BCUT2D eigenvalue weighted by Crippen LogP contribution is 2.35. The summed E-state index contributed by atoms with van der Waals surface area (Å²) in [5.41, 5.74) is 2.78. The maximum Gasteiger partial charge on any atom is 0.265 e. The van der Waals surface area contributed by atoms with Crippen LogP contribution in [0.2, 0.25) is 0 Å². The molecule has 0 aromatic heterocycles. The zero-order valence-corrected chi connectivity index (χ0v) is 20.1. The molecule has 0 bridgehead atoms. The van der Waals surface area contributed by atoms with Crippen molar-refractivity contribution in [2.45, 2.75) is 25.2 Å². The van der Waals surface area contributed by atoms with Crippen molar-refractivity contribution >= 4 is 29.1 Å². The molecule has 0 atom stereocenters. The number of anilines is 2. The number of benzene rings is 3. The number of rotatable bonds is 6. The lowest BCUT2D eigenvalue weighted by molar-refractivity contribution is -0.132. The Morgan fingerprint density at radius 3 is 2.14 bits per heavy atom. The van der Waals surface area contributed by atoms with Crippen molar-refractivity contribution < 1.29 is 19.1 Å². The number of carbonyl (C=O) groups is 3. The molecule has 1 fully saturated rings. The Kier molecular flexibility index (Phi) is 6.98. The number of ether oxygens (including phenoxy) is 1. The highest BCUT2D eigenvalue weighted by molar-refractivity contribution is 6.04. The van der Waals surface area contributed by atoms with Crippen LogP contribution < -0.4 is 15.0 Å². The Bertz CT molecular complexity index is 1200. The molecule has 3 aromatic rings. The maximum atomic E-state index is 13.5. The molecule has 1 N–H and O–H groups in total. The number of piperidine rings is 1. The molecule has 2 heterocycles. The minimum absolute atomic E-state index is 0.0384. The lowest BCUT2D eigenvalue weighted by Crippen LogP contribution is -2.47. The van der Waals surface area contributed by atoms with Crippen molar-refractivity contribution in [1.29, 1.82) is 0 Å². The molecule has 2 aliphatic heterocycles. The number of nitrogens with one attached hydrogen (secondary N) is 1. The van der Waals surface area contributed by atoms with E-state index in [9.17, 15) is 14.4 Å². The van der Waals surface area contributed by atoms with Crippen LogP contribution in [0, 0.1) is 0 Å². The van der Waals surface area contributed by atoms with Crippen LogP contribution in [0.4, 0.5) is 11.4 Å². The van der Waals surface area contributed by atoms with Crippen LogP contribution in [-0.4, -0.2) is 48.9 Å². The summed E-state index contributed by atoms with van der Waals surface area (Å²) >= 11 is 0. The van der Waals surface area contributed by atoms with Crippen molar-refractivity contribution in [2.75, 3.05) is 36.5 Å². The molecule has 184 valence electrons. The second kappa shape index (κ2) is 10.6. The molecular weight excluding hydrogens is 454 g/mol. The summed E-state index contributed by atoms with van der Waals surface area (Å²) in [6.45, 7) is 1.29. The summed E-state index contributed by atoms with van der Waals surface area (Å²) in [6, 6.07) is 24.4. The number of hydrogen-bond donors (Lipinski definition) is 1. The molecule has 1 saturated heterocycles. The van der Waals surface area contributed by atoms with E-state index in [2.05, 4.69) is 5.32 Å². The van der Waals surface area contributed by atoms with Gasteiger partial charge in [-0.05, 0) is 48.6 Å². The summed E-state index contributed by atoms with van der Waals surface area (Å²) in [5, 5.41) is 3.01. The van der Waals surface area contributed by atoms with Gasteiger partial charge in [0.25, 0.3) is 5.91 Å². The highest BCUT2D eigenvalue weighted by atomic mass is 16.5. The quantitative estimate of drug-likeness (QED) is 0.570. The van der Waals surface area contributed by atoms with Gasteiger partial charge >= 0.3 is 0 Å². The summed E-state index contributed by atoms with van der Waals surface area (Å²) in [6.07, 6.45) is 3.10. The van der Waals surface area contributed by atoms with Gasteiger partial charge in [0.15, 0.2) is 6.61 Å². The SMILES string of the molecule is O=C(Nc1ccc2c(c1)N(CC(=O)N1CCCCC1)C(=O)CO2)C(c1ccccc1)c1ccccc1. The Morgan fingerprint density at radius 2 is 1.50 bits per heavy atom. The maximum absolute atomic E-state index is 13.5. The Labute approximate surface area is 210 Å². The van der Waals surface area contributed by atoms with Crippen LogP contribution in [0.3, 0.4) is 0 Å². The van der Waals surface area contributed by atoms with E-state index in [1.807, 2.05) is 65.6 Å². The van der Waals surface area contributed by atoms with E-state index in [0.29, 0.717) is 17.1 Å². The molecule has 0 radical (unpaired) electrons. The van der Waals surface area contributed by atoms with Gasteiger partial charge in [-0.25, -0.2) is 0 Å². The van der Waals surface area contributed by atoms with Gasteiger partial charge in [0, 0.05) is 18.8 Å². The third-order valence-corrected chi connectivity index (χ3v) is 6.70. The van der Waals surface area contributed by atoms with E-state index in [1.165, 1.54) is 4.90 Å². The molecule has 5 rings (SSSR count). The summed E-state index contributed by atoms with van der Waals surface area (Å²) in [7, 11) is 0. The minimum atomic E-state index is -0.502. The zero-order chi connectivity index (χ0) is 24.9. The normalized spacial score (nSPS) is 15.3. The molecule has 0 aliphatic carbocycles. The molecular formula is C29H29N3O4. The summed E-state index contributed by atoms with van der Waals surface area (Å²) < 4.78 is 5.61. The van der Waals surface area contributed by atoms with E-state index >= 15 is 0 Å². The average molecular weight is 484 g/mol. The largest absolute Gasteiger partial charge is 0.482 e. The first-order valence-electron chi connectivity index (χ1n) is 12.4. The number of nitrogens with zero attached hydrogens (tertiary/aromatic N) is 2. The van der Waals surface area contributed by atoms with E-state index in [0.717, 1.165) is 43.5 Å². The first-order chi connectivity index (χ1) is 17.6. The Hall–Kier alpha value is -4.13. The standard InChI is InChI=1S/C29H29N3O4/c33-26(31-16-8-3-9-17-31)19-32-24-18-23(14-15-25(24)36-20-27(32)34)30-29(35)28(21-10-4-1-5-11-21)22-12-6-2-7-13-22/h1-2,4-7,10-15,18,28H,3,8-9,16-17,19-20H2,(H,30,35). The lowest BCUT2D eigenvalue weighted by Gasteiger charge is -2.33. The number of likely N-dealkylation sites (tertiary alicyclic amines) is 1. The van der Waals surface area contributed by atoms with E-state index in [1.54, 1.807) is 18.2 Å². The van der Waals surface area contributed by atoms with E-state index in [4.69, 9.17) is 4.74 Å². The molecule has 3 amide bonds. The van der Waals surface area contributed by atoms with Crippen LogP contribution in [0.25, 0.3) is 0 Å². The summed E-state index contributed by atoms with van der Waals surface area (Å²) in [4.78, 5) is 42.5. The lowest BCUT2D eigenvalue weighted by atomic mass is 9.90. The van der Waals surface area contributed by atoms with Crippen molar-refractivity contribution in [3.8, 4) is 5.75 Å². The number of fused-ring (bicyclic) bond motifs is 1. The van der Waals surface area contributed by atoms with Gasteiger partial charge in [0.2, 0.25) is 11.8 Å². The first kappa shape index (κ1) is 23.6.